The van der Waals surface area contributed by atoms with E-state index in [0.717, 1.165) is 6.08 Å². The summed E-state index contributed by atoms with van der Waals surface area (Å²) in [5, 5.41) is 0. The topological polar surface area (TPSA) is 26.3 Å². The fraction of sp³-hybridized carbons (Fsp3) is 0.571. The van der Waals surface area contributed by atoms with Crippen LogP contribution in [0.25, 0.3) is 0 Å². The monoisotopic (exact) mass is 146 g/mol. The molecule has 1 unspecified atom stereocenters. The average molecular weight is 146 g/mol. The summed E-state index contributed by atoms with van der Waals surface area (Å²) in [6.45, 7) is 2.91. The van der Waals surface area contributed by atoms with Gasteiger partial charge in [-0.25, -0.2) is 9.18 Å². The summed E-state index contributed by atoms with van der Waals surface area (Å²) in [6, 6.07) is 0. The highest BCUT2D eigenvalue weighted by Gasteiger charge is 2.02. The van der Waals surface area contributed by atoms with Gasteiger partial charge in [0.15, 0.2) is 0 Å². The standard InChI is InChI=1S/C7H11FO2/c1-5(6(2)8)4-7(9)10-3/h4,6H,1-3H3/b5-4+. The molecule has 58 valence electrons. The van der Waals surface area contributed by atoms with Crippen molar-refractivity contribution in [3.05, 3.63) is 11.6 Å². The molecule has 0 aromatic heterocycles. The van der Waals surface area contributed by atoms with E-state index in [4.69, 9.17) is 0 Å². The fourth-order valence-electron chi connectivity index (χ4n) is 0.360. The first kappa shape index (κ1) is 9.14. The number of esters is 1. The van der Waals surface area contributed by atoms with Gasteiger partial charge >= 0.3 is 5.97 Å². The Hall–Kier alpha value is -0.860. The predicted molar refractivity (Wildman–Crippen MR) is 36.3 cm³/mol. The van der Waals surface area contributed by atoms with Crippen molar-refractivity contribution < 1.29 is 13.9 Å². The van der Waals surface area contributed by atoms with Crippen LogP contribution in [0.4, 0.5) is 4.39 Å². The van der Waals surface area contributed by atoms with Gasteiger partial charge in [-0.2, -0.15) is 0 Å². The van der Waals surface area contributed by atoms with E-state index < -0.39 is 12.1 Å². The number of carbonyl (C=O) groups excluding carboxylic acids is 1. The molecule has 0 aliphatic carbocycles. The molecule has 2 nitrogen and oxygen atoms in total. The van der Waals surface area contributed by atoms with Gasteiger partial charge < -0.3 is 4.74 Å². The second-order valence-corrected chi connectivity index (χ2v) is 2.03. The third-order valence-electron chi connectivity index (χ3n) is 1.17. The Balaban J connectivity index is 4.03. The Morgan fingerprint density at radius 1 is 1.70 bits per heavy atom. The molecule has 3 heteroatoms. The largest absolute Gasteiger partial charge is 0.466 e. The highest BCUT2D eigenvalue weighted by atomic mass is 19.1. The summed E-state index contributed by atoms with van der Waals surface area (Å²) in [6.07, 6.45) is 0.0594. The van der Waals surface area contributed by atoms with E-state index in [9.17, 15) is 9.18 Å². The highest BCUT2D eigenvalue weighted by molar-refractivity contribution is 5.82. The Kier molecular flexibility index (Phi) is 3.69. The third-order valence-corrected chi connectivity index (χ3v) is 1.17. The lowest BCUT2D eigenvalue weighted by molar-refractivity contribution is -0.134. The smallest absolute Gasteiger partial charge is 0.330 e. The van der Waals surface area contributed by atoms with Crippen LogP contribution in [-0.4, -0.2) is 19.3 Å². The fourth-order valence-corrected chi connectivity index (χ4v) is 0.360. The number of hydrogen-bond acceptors (Lipinski definition) is 2. The average Bonchev–Trinajstić information content (AvgIpc) is 1.87. The van der Waals surface area contributed by atoms with Crippen molar-refractivity contribution in [3.8, 4) is 0 Å². The maximum absolute atomic E-state index is 12.3. The number of ether oxygens (including phenoxy) is 1. The molecule has 0 saturated heterocycles. The van der Waals surface area contributed by atoms with Crippen LogP contribution in [0.2, 0.25) is 0 Å². The van der Waals surface area contributed by atoms with E-state index in [-0.39, 0.29) is 0 Å². The molecule has 0 saturated carbocycles. The molecule has 0 rings (SSSR count). The first-order valence-electron chi connectivity index (χ1n) is 2.98. The van der Waals surface area contributed by atoms with Crippen molar-refractivity contribution in [1.29, 1.82) is 0 Å². The van der Waals surface area contributed by atoms with E-state index in [0.29, 0.717) is 5.57 Å². The molecule has 0 N–H and O–H groups in total. The van der Waals surface area contributed by atoms with E-state index in [2.05, 4.69) is 4.74 Å². The van der Waals surface area contributed by atoms with Crippen molar-refractivity contribution in [3.63, 3.8) is 0 Å². The van der Waals surface area contributed by atoms with Crippen LogP contribution in [0, 0.1) is 0 Å². The zero-order valence-electron chi connectivity index (χ0n) is 6.35. The molecule has 10 heavy (non-hydrogen) atoms. The molecule has 0 aromatic rings. The van der Waals surface area contributed by atoms with Gasteiger partial charge in [0.25, 0.3) is 0 Å². The molecule has 0 aliphatic heterocycles. The van der Waals surface area contributed by atoms with Gasteiger partial charge in [0.2, 0.25) is 0 Å². The first-order valence-corrected chi connectivity index (χ1v) is 2.98. The van der Waals surface area contributed by atoms with E-state index in [1.807, 2.05) is 0 Å². The number of allylic oxidation sites excluding steroid dienone is 1. The molecule has 0 spiro atoms. The van der Waals surface area contributed by atoms with Crippen molar-refractivity contribution in [2.24, 2.45) is 0 Å². The number of rotatable bonds is 2. The molecule has 0 radical (unpaired) electrons. The number of alkyl halides is 1. The van der Waals surface area contributed by atoms with E-state index >= 15 is 0 Å². The van der Waals surface area contributed by atoms with Gasteiger partial charge in [-0.1, -0.05) is 0 Å². The Labute approximate surface area is 59.7 Å². The number of hydrogen-bond donors (Lipinski definition) is 0. The lowest BCUT2D eigenvalue weighted by Crippen LogP contribution is -2.01. The van der Waals surface area contributed by atoms with Crippen LogP contribution in [0.3, 0.4) is 0 Å². The van der Waals surface area contributed by atoms with Crippen LogP contribution >= 0.6 is 0 Å². The first-order chi connectivity index (χ1) is 4.57. The molecule has 0 heterocycles. The van der Waals surface area contributed by atoms with Crippen LogP contribution < -0.4 is 0 Å². The van der Waals surface area contributed by atoms with Gasteiger partial charge in [-0.05, 0) is 19.4 Å². The Bertz CT molecular complexity index is 150. The Morgan fingerprint density at radius 2 is 2.20 bits per heavy atom. The predicted octanol–water partition coefficient (Wildman–Crippen LogP) is 1.46. The van der Waals surface area contributed by atoms with Crippen molar-refractivity contribution in [2.45, 2.75) is 20.0 Å². The van der Waals surface area contributed by atoms with E-state index in [1.54, 1.807) is 6.92 Å². The van der Waals surface area contributed by atoms with Crippen LogP contribution in [0.5, 0.6) is 0 Å². The van der Waals surface area contributed by atoms with Crippen molar-refractivity contribution in [1.82, 2.24) is 0 Å². The minimum absolute atomic E-state index is 0.381. The maximum Gasteiger partial charge on any atom is 0.330 e. The summed E-state index contributed by atoms with van der Waals surface area (Å²) < 4.78 is 16.6. The minimum atomic E-state index is -1.08. The SMILES string of the molecule is COC(=O)/C=C(\C)C(C)F. The van der Waals surface area contributed by atoms with Crippen molar-refractivity contribution in [2.75, 3.05) is 7.11 Å². The zero-order valence-corrected chi connectivity index (χ0v) is 6.35. The van der Waals surface area contributed by atoms with Crippen LogP contribution in [0.1, 0.15) is 13.8 Å². The second-order valence-electron chi connectivity index (χ2n) is 2.03. The van der Waals surface area contributed by atoms with Crippen LogP contribution in [0.15, 0.2) is 11.6 Å². The lowest BCUT2D eigenvalue weighted by atomic mass is 10.2. The minimum Gasteiger partial charge on any atom is -0.466 e. The molecule has 0 aromatic carbocycles. The number of carbonyl (C=O) groups is 1. The molecular weight excluding hydrogens is 135 g/mol. The molecular formula is C7H11FO2. The second kappa shape index (κ2) is 4.04. The maximum atomic E-state index is 12.3. The number of methoxy groups -OCH3 is 1. The van der Waals surface area contributed by atoms with Gasteiger partial charge in [-0.3, -0.25) is 0 Å². The molecule has 0 aliphatic rings. The molecule has 1 atom stereocenters. The lowest BCUT2D eigenvalue weighted by Gasteiger charge is -1.99. The zero-order chi connectivity index (χ0) is 8.15. The van der Waals surface area contributed by atoms with Gasteiger partial charge in [0.1, 0.15) is 6.17 Å². The quantitative estimate of drug-likeness (QED) is 0.435. The summed E-state index contributed by atoms with van der Waals surface area (Å²) in [5.74, 6) is -0.512. The molecule has 0 bridgehead atoms. The van der Waals surface area contributed by atoms with Gasteiger partial charge in [0, 0.05) is 6.08 Å². The van der Waals surface area contributed by atoms with Crippen molar-refractivity contribution >= 4 is 5.97 Å². The van der Waals surface area contributed by atoms with Gasteiger partial charge in [0.05, 0.1) is 7.11 Å². The molecule has 0 amide bonds. The summed E-state index contributed by atoms with van der Waals surface area (Å²) in [4.78, 5) is 10.5. The van der Waals surface area contributed by atoms with E-state index in [1.165, 1.54) is 14.0 Å². The Morgan fingerprint density at radius 3 is 2.50 bits per heavy atom. The summed E-state index contributed by atoms with van der Waals surface area (Å²) in [7, 11) is 1.26. The van der Waals surface area contributed by atoms with Crippen LogP contribution in [-0.2, 0) is 9.53 Å². The highest BCUT2D eigenvalue weighted by Crippen LogP contribution is 2.03. The number of halogens is 1. The molecule has 0 fully saturated rings. The summed E-state index contributed by atoms with van der Waals surface area (Å²) in [5.41, 5.74) is 0.381. The normalized spacial score (nSPS) is 14.6. The van der Waals surface area contributed by atoms with Gasteiger partial charge in [-0.15, -0.1) is 0 Å². The summed E-state index contributed by atoms with van der Waals surface area (Å²) >= 11 is 0. The third kappa shape index (κ3) is 3.22.